The number of hydrogen-bond donors (Lipinski definition) is 1. The summed E-state index contributed by atoms with van der Waals surface area (Å²) in [6, 6.07) is 0. The van der Waals surface area contributed by atoms with Crippen LogP contribution in [0.25, 0.3) is 11.0 Å². The van der Waals surface area contributed by atoms with Gasteiger partial charge in [-0.05, 0) is 6.92 Å². The van der Waals surface area contributed by atoms with Crippen molar-refractivity contribution in [3.63, 3.8) is 0 Å². The van der Waals surface area contributed by atoms with Crippen molar-refractivity contribution in [3.05, 3.63) is 22.9 Å². The van der Waals surface area contributed by atoms with Crippen LogP contribution in [0.4, 0.5) is 0 Å². The first-order chi connectivity index (χ1) is 5.83. The van der Waals surface area contributed by atoms with Crippen LogP contribution in [0.3, 0.4) is 0 Å². The number of nitrogens with zero attached hydrogens (tertiary/aromatic N) is 3. The highest BCUT2D eigenvalue weighted by Gasteiger charge is 2.03. The summed E-state index contributed by atoms with van der Waals surface area (Å²) in [5.74, 6) is 0. The van der Waals surface area contributed by atoms with Crippen LogP contribution >= 0.6 is 0 Å². The second-order valence-corrected chi connectivity index (χ2v) is 2.43. The molecular weight excluding hydrogens is 156 g/mol. The minimum absolute atomic E-state index is 0.139. The summed E-state index contributed by atoms with van der Waals surface area (Å²) in [6.45, 7) is 2.68. The van der Waals surface area contributed by atoms with Crippen molar-refractivity contribution in [3.8, 4) is 0 Å². The number of aromatic amines is 1. The second kappa shape index (κ2) is 2.44. The zero-order valence-electron chi connectivity index (χ0n) is 6.61. The Morgan fingerprint density at radius 3 is 3.25 bits per heavy atom. The van der Waals surface area contributed by atoms with Gasteiger partial charge in [0.15, 0.2) is 5.65 Å². The van der Waals surface area contributed by atoms with E-state index in [0.29, 0.717) is 11.0 Å². The lowest BCUT2D eigenvalue weighted by atomic mass is 10.4. The number of nitrogens with one attached hydrogen (secondary N) is 1. The van der Waals surface area contributed by atoms with Crippen molar-refractivity contribution in [2.45, 2.75) is 13.5 Å². The van der Waals surface area contributed by atoms with Gasteiger partial charge in [0.1, 0.15) is 5.39 Å². The van der Waals surface area contributed by atoms with Gasteiger partial charge in [0.05, 0.1) is 12.5 Å². The van der Waals surface area contributed by atoms with Crippen molar-refractivity contribution in [1.82, 2.24) is 19.7 Å². The number of rotatable bonds is 1. The van der Waals surface area contributed by atoms with Crippen LogP contribution in [-0.4, -0.2) is 19.7 Å². The smallest absolute Gasteiger partial charge is 0.261 e. The molecular formula is C7H8N4O. The van der Waals surface area contributed by atoms with Gasteiger partial charge in [0, 0.05) is 6.54 Å². The van der Waals surface area contributed by atoms with Crippen molar-refractivity contribution >= 4 is 11.0 Å². The Bertz CT molecular complexity index is 456. The van der Waals surface area contributed by atoms with E-state index in [1.54, 1.807) is 4.68 Å². The van der Waals surface area contributed by atoms with Crippen molar-refractivity contribution in [1.29, 1.82) is 0 Å². The van der Waals surface area contributed by atoms with Crippen LogP contribution < -0.4 is 5.56 Å². The Balaban J connectivity index is 2.89. The normalized spacial score (nSPS) is 10.8. The van der Waals surface area contributed by atoms with Crippen LogP contribution in [-0.2, 0) is 6.54 Å². The van der Waals surface area contributed by atoms with E-state index in [9.17, 15) is 4.79 Å². The lowest BCUT2D eigenvalue weighted by molar-refractivity contribution is 0.676. The van der Waals surface area contributed by atoms with Gasteiger partial charge in [-0.2, -0.15) is 5.10 Å². The monoisotopic (exact) mass is 164 g/mol. The molecule has 0 bridgehead atoms. The van der Waals surface area contributed by atoms with E-state index in [2.05, 4.69) is 15.1 Å². The van der Waals surface area contributed by atoms with Crippen molar-refractivity contribution < 1.29 is 0 Å². The topological polar surface area (TPSA) is 63.6 Å². The lowest BCUT2D eigenvalue weighted by Crippen LogP contribution is -2.06. The summed E-state index contributed by atoms with van der Waals surface area (Å²) in [6.07, 6.45) is 2.92. The molecule has 2 aromatic rings. The number of H-pyrrole nitrogens is 1. The molecule has 2 aromatic heterocycles. The van der Waals surface area contributed by atoms with Gasteiger partial charge < -0.3 is 4.98 Å². The van der Waals surface area contributed by atoms with Crippen molar-refractivity contribution in [2.75, 3.05) is 0 Å². The highest BCUT2D eigenvalue weighted by atomic mass is 16.1. The molecule has 0 aliphatic carbocycles. The quantitative estimate of drug-likeness (QED) is 0.652. The standard InChI is InChI=1S/C7H8N4O/c1-2-11-6-5(3-10-11)7(12)9-4-8-6/h3-4H,2H2,1H3,(H,8,9,12). The maximum absolute atomic E-state index is 11.2. The van der Waals surface area contributed by atoms with Crippen LogP contribution in [0.2, 0.25) is 0 Å². The molecule has 0 saturated heterocycles. The molecule has 2 rings (SSSR count). The number of aromatic nitrogens is 4. The molecule has 5 nitrogen and oxygen atoms in total. The summed E-state index contributed by atoms with van der Waals surface area (Å²) < 4.78 is 1.69. The van der Waals surface area contributed by atoms with Gasteiger partial charge in [0.25, 0.3) is 5.56 Å². The Morgan fingerprint density at radius 2 is 2.50 bits per heavy atom. The van der Waals surface area contributed by atoms with Crippen LogP contribution in [0, 0.1) is 0 Å². The first-order valence-corrected chi connectivity index (χ1v) is 3.72. The third-order valence-electron chi connectivity index (χ3n) is 1.74. The van der Waals surface area contributed by atoms with E-state index >= 15 is 0 Å². The molecule has 0 fully saturated rings. The van der Waals surface area contributed by atoms with Gasteiger partial charge in [-0.1, -0.05) is 0 Å². The Labute approximate surface area is 68.1 Å². The molecule has 0 saturated carbocycles. The van der Waals surface area contributed by atoms with E-state index < -0.39 is 0 Å². The zero-order chi connectivity index (χ0) is 8.55. The second-order valence-electron chi connectivity index (χ2n) is 2.43. The molecule has 0 aromatic carbocycles. The summed E-state index contributed by atoms with van der Waals surface area (Å²) in [5.41, 5.74) is 0.501. The first kappa shape index (κ1) is 7.02. The molecule has 0 aliphatic rings. The molecule has 0 unspecified atom stereocenters. The predicted molar refractivity (Wildman–Crippen MR) is 43.8 cm³/mol. The van der Waals surface area contributed by atoms with E-state index in [1.807, 2.05) is 6.92 Å². The van der Waals surface area contributed by atoms with Crippen molar-refractivity contribution in [2.24, 2.45) is 0 Å². The SMILES string of the molecule is CCn1ncc2c(=O)[nH]cnc21. The van der Waals surface area contributed by atoms with Crippen LogP contribution in [0.1, 0.15) is 6.92 Å². The molecule has 62 valence electrons. The lowest BCUT2D eigenvalue weighted by Gasteiger charge is -1.94. The van der Waals surface area contributed by atoms with Gasteiger partial charge in [-0.15, -0.1) is 0 Å². The van der Waals surface area contributed by atoms with Crippen LogP contribution in [0.5, 0.6) is 0 Å². The predicted octanol–water partition coefficient (Wildman–Crippen LogP) is 0.139. The highest BCUT2D eigenvalue weighted by Crippen LogP contribution is 2.02. The molecule has 0 atom stereocenters. The number of aryl methyl sites for hydroxylation is 1. The van der Waals surface area contributed by atoms with Crippen LogP contribution in [0.15, 0.2) is 17.3 Å². The summed E-state index contributed by atoms with van der Waals surface area (Å²) in [5, 5.41) is 4.55. The third-order valence-corrected chi connectivity index (χ3v) is 1.74. The van der Waals surface area contributed by atoms with E-state index in [0.717, 1.165) is 6.54 Å². The molecule has 1 N–H and O–H groups in total. The fraction of sp³-hybridized carbons (Fsp3) is 0.286. The molecule has 0 aliphatic heterocycles. The Kier molecular flexibility index (Phi) is 1.43. The maximum Gasteiger partial charge on any atom is 0.261 e. The minimum Gasteiger partial charge on any atom is -0.312 e. The number of fused-ring (bicyclic) bond motifs is 1. The fourth-order valence-electron chi connectivity index (χ4n) is 1.14. The van der Waals surface area contributed by atoms with E-state index in [1.165, 1.54) is 12.5 Å². The average molecular weight is 164 g/mol. The average Bonchev–Trinajstić information content (AvgIpc) is 2.49. The Hall–Kier alpha value is -1.65. The summed E-state index contributed by atoms with van der Waals surface area (Å²) >= 11 is 0. The first-order valence-electron chi connectivity index (χ1n) is 3.72. The Morgan fingerprint density at radius 1 is 1.67 bits per heavy atom. The van der Waals surface area contributed by atoms with E-state index in [4.69, 9.17) is 0 Å². The molecule has 0 spiro atoms. The molecule has 5 heteroatoms. The highest BCUT2D eigenvalue weighted by molar-refractivity contribution is 5.72. The summed E-state index contributed by atoms with van der Waals surface area (Å²) in [4.78, 5) is 17.7. The number of hydrogen-bond acceptors (Lipinski definition) is 3. The molecule has 2 heterocycles. The fourth-order valence-corrected chi connectivity index (χ4v) is 1.14. The summed E-state index contributed by atoms with van der Waals surface area (Å²) in [7, 11) is 0. The van der Waals surface area contributed by atoms with Gasteiger partial charge >= 0.3 is 0 Å². The maximum atomic E-state index is 11.2. The molecule has 0 amide bonds. The largest absolute Gasteiger partial charge is 0.312 e. The third kappa shape index (κ3) is 0.827. The molecule has 0 radical (unpaired) electrons. The molecule has 12 heavy (non-hydrogen) atoms. The van der Waals surface area contributed by atoms with Gasteiger partial charge in [-0.3, -0.25) is 4.79 Å². The zero-order valence-corrected chi connectivity index (χ0v) is 6.61. The minimum atomic E-state index is -0.139. The van der Waals surface area contributed by atoms with Gasteiger partial charge in [-0.25, -0.2) is 9.67 Å². The van der Waals surface area contributed by atoms with Gasteiger partial charge in [0.2, 0.25) is 0 Å². The van der Waals surface area contributed by atoms with E-state index in [-0.39, 0.29) is 5.56 Å².